The molecule has 2 aliphatic carbocycles. The Kier molecular flexibility index (Phi) is 6.27. The molecule has 0 radical (unpaired) electrons. The van der Waals surface area contributed by atoms with Crippen LogP contribution in [0.4, 0.5) is 0 Å². The van der Waals surface area contributed by atoms with E-state index in [-0.39, 0.29) is 0 Å². The molecule has 2 aliphatic rings. The lowest BCUT2D eigenvalue weighted by Crippen LogP contribution is -2.30. The first-order valence-electron chi connectivity index (χ1n) is 10.1. The average molecular weight is 355 g/mol. The number of hydrogen-bond donors (Lipinski definition) is 0. The fourth-order valence-corrected chi connectivity index (χ4v) is 14.4. The van der Waals surface area contributed by atoms with Crippen LogP contribution < -0.4 is 0 Å². The Bertz CT molecular complexity index is 353. The highest BCUT2D eigenvalue weighted by molar-refractivity contribution is 6.76. The van der Waals surface area contributed by atoms with Gasteiger partial charge in [0.2, 0.25) is 0 Å². The minimum atomic E-state index is -0.867. The van der Waals surface area contributed by atoms with Crippen LogP contribution in [-0.2, 0) is 0 Å². The third-order valence-corrected chi connectivity index (χ3v) is 14.4. The Balaban J connectivity index is 1.90. The molecule has 22 heavy (non-hydrogen) atoms. The van der Waals surface area contributed by atoms with Crippen molar-refractivity contribution in [2.24, 2.45) is 11.8 Å². The maximum atomic E-state index is 2.77. The summed E-state index contributed by atoms with van der Waals surface area (Å²) in [5, 5.41) is 0. The van der Waals surface area contributed by atoms with Crippen LogP contribution >= 0.6 is 0 Å². The smallest absolute Gasteiger partial charge is 0.0445 e. The largest absolute Gasteiger partial charge is 0.0716 e. The van der Waals surface area contributed by atoms with Gasteiger partial charge in [0, 0.05) is 24.9 Å². The molecule has 5 atom stereocenters. The van der Waals surface area contributed by atoms with Gasteiger partial charge in [-0.05, 0) is 22.9 Å². The molecular formula is C19H42Si3. The quantitative estimate of drug-likeness (QED) is 0.457. The number of rotatable bonds is 6. The van der Waals surface area contributed by atoms with E-state index in [1.165, 1.54) is 11.1 Å². The standard InChI is InChI=1S/C19H42Si3/c1-20(18-12-11-16(13-18)14-21(2,3)4)19-10-8-9-17(19)15-22(5,6)7/h16-20H,8-15H2,1-7H3. The molecule has 0 aromatic carbocycles. The van der Waals surface area contributed by atoms with Crippen molar-refractivity contribution >= 4 is 24.9 Å². The molecule has 2 saturated carbocycles. The van der Waals surface area contributed by atoms with Crippen molar-refractivity contribution in [3.8, 4) is 0 Å². The molecule has 0 aromatic rings. The first-order chi connectivity index (χ1) is 10.1. The van der Waals surface area contributed by atoms with Crippen LogP contribution in [0, 0.1) is 11.8 Å². The zero-order chi connectivity index (χ0) is 16.5. The summed E-state index contributed by atoms with van der Waals surface area (Å²) in [6, 6.07) is 3.23. The lowest BCUT2D eigenvalue weighted by Gasteiger charge is -2.32. The highest BCUT2D eigenvalue weighted by atomic mass is 28.3. The molecule has 2 rings (SSSR count). The van der Waals surface area contributed by atoms with Gasteiger partial charge in [-0.1, -0.05) is 96.4 Å². The summed E-state index contributed by atoms with van der Waals surface area (Å²) >= 11 is 0. The predicted molar refractivity (Wildman–Crippen MR) is 112 cm³/mol. The SMILES string of the molecule is C[SiH](C1CCC(C[Si](C)(C)C)C1)C1CCCC1C[Si](C)(C)C. The third kappa shape index (κ3) is 5.63. The van der Waals surface area contributed by atoms with E-state index in [0.717, 1.165) is 11.8 Å². The average Bonchev–Trinajstić information content (AvgIpc) is 2.93. The molecule has 0 N–H and O–H groups in total. The van der Waals surface area contributed by atoms with E-state index in [9.17, 15) is 0 Å². The van der Waals surface area contributed by atoms with Gasteiger partial charge in [-0.15, -0.1) is 0 Å². The van der Waals surface area contributed by atoms with Crippen LogP contribution in [0.5, 0.6) is 0 Å². The Morgan fingerprint density at radius 1 is 0.818 bits per heavy atom. The van der Waals surface area contributed by atoms with Crippen LogP contribution in [0.25, 0.3) is 0 Å². The Labute approximate surface area is 144 Å². The van der Waals surface area contributed by atoms with Gasteiger partial charge < -0.3 is 0 Å². The second-order valence-corrected chi connectivity index (χ2v) is 25.8. The first-order valence-corrected chi connectivity index (χ1v) is 20.0. The highest BCUT2D eigenvalue weighted by Gasteiger charge is 2.40. The van der Waals surface area contributed by atoms with Gasteiger partial charge in [0.1, 0.15) is 0 Å². The predicted octanol–water partition coefficient (Wildman–Crippen LogP) is 6.86. The van der Waals surface area contributed by atoms with E-state index in [0.29, 0.717) is 0 Å². The summed E-state index contributed by atoms with van der Waals surface area (Å²) < 4.78 is 0. The van der Waals surface area contributed by atoms with E-state index >= 15 is 0 Å². The van der Waals surface area contributed by atoms with Crippen molar-refractivity contribution in [3.63, 3.8) is 0 Å². The van der Waals surface area contributed by atoms with Crippen molar-refractivity contribution < 1.29 is 0 Å². The maximum Gasteiger partial charge on any atom is 0.0445 e. The van der Waals surface area contributed by atoms with Gasteiger partial charge in [0.15, 0.2) is 0 Å². The summed E-state index contributed by atoms with van der Waals surface area (Å²) in [5.74, 6) is 2.26. The van der Waals surface area contributed by atoms with Gasteiger partial charge in [0.25, 0.3) is 0 Å². The van der Waals surface area contributed by atoms with Crippen molar-refractivity contribution in [1.29, 1.82) is 0 Å². The van der Waals surface area contributed by atoms with Gasteiger partial charge in [-0.25, -0.2) is 0 Å². The Morgan fingerprint density at radius 2 is 1.45 bits per heavy atom. The molecule has 0 saturated heterocycles. The van der Waals surface area contributed by atoms with Gasteiger partial charge in [0.05, 0.1) is 0 Å². The fourth-order valence-electron chi connectivity index (χ4n) is 5.79. The molecule has 5 unspecified atom stereocenters. The van der Waals surface area contributed by atoms with Crippen molar-refractivity contribution in [2.45, 2.75) is 108 Å². The Hall–Kier alpha value is 0.651. The molecule has 0 amide bonds. The zero-order valence-electron chi connectivity index (χ0n) is 16.5. The second-order valence-electron chi connectivity index (χ2n) is 11.2. The van der Waals surface area contributed by atoms with Gasteiger partial charge in [-0.3, -0.25) is 0 Å². The van der Waals surface area contributed by atoms with Gasteiger partial charge >= 0.3 is 0 Å². The van der Waals surface area contributed by atoms with Crippen molar-refractivity contribution in [2.75, 3.05) is 0 Å². The number of hydrogen-bond acceptors (Lipinski definition) is 0. The third-order valence-electron chi connectivity index (χ3n) is 6.49. The summed E-state index contributed by atoms with van der Waals surface area (Å²) in [6.07, 6.45) is 9.57. The maximum absolute atomic E-state index is 2.77. The summed E-state index contributed by atoms with van der Waals surface area (Å²) in [6.45, 7) is 18.3. The van der Waals surface area contributed by atoms with Crippen LogP contribution in [0.15, 0.2) is 0 Å². The zero-order valence-corrected chi connectivity index (χ0v) is 19.7. The molecule has 130 valence electrons. The highest BCUT2D eigenvalue weighted by Crippen LogP contribution is 2.50. The lowest BCUT2D eigenvalue weighted by molar-refractivity contribution is 0.576. The molecular weight excluding hydrogens is 312 g/mol. The van der Waals surface area contributed by atoms with Crippen LogP contribution in [0.3, 0.4) is 0 Å². The van der Waals surface area contributed by atoms with Crippen molar-refractivity contribution in [1.82, 2.24) is 0 Å². The molecule has 3 heteroatoms. The van der Waals surface area contributed by atoms with Gasteiger partial charge in [-0.2, -0.15) is 0 Å². The molecule has 0 heterocycles. The van der Waals surface area contributed by atoms with Crippen molar-refractivity contribution in [3.05, 3.63) is 0 Å². The normalized spacial score (nSPS) is 35.0. The Morgan fingerprint density at radius 3 is 2.05 bits per heavy atom. The molecule has 0 aliphatic heterocycles. The first kappa shape index (κ1) is 19.0. The lowest BCUT2D eigenvalue weighted by atomic mass is 10.1. The van der Waals surface area contributed by atoms with Crippen LogP contribution in [0.2, 0.25) is 69.0 Å². The topological polar surface area (TPSA) is 0 Å². The van der Waals surface area contributed by atoms with E-state index in [1.807, 2.05) is 0 Å². The van der Waals surface area contributed by atoms with E-state index < -0.39 is 24.9 Å². The van der Waals surface area contributed by atoms with E-state index in [4.69, 9.17) is 0 Å². The summed E-state index contributed by atoms with van der Waals surface area (Å²) in [7, 11) is -2.23. The van der Waals surface area contributed by atoms with Crippen LogP contribution in [-0.4, -0.2) is 24.9 Å². The molecule has 0 aromatic heterocycles. The molecule has 0 spiro atoms. The second kappa shape index (κ2) is 7.26. The molecule has 2 fully saturated rings. The fraction of sp³-hybridized carbons (Fsp3) is 1.00. The minimum absolute atomic E-state index is 0.523. The van der Waals surface area contributed by atoms with E-state index in [2.05, 4.69) is 45.8 Å². The van der Waals surface area contributed by atoms with Crippen LogP contribution in [0.1, 0.15) is 38.5 Å². The summed E-state index contributed by atoms with van der Waals surface area (Å²) in [5.41, 5.74) is 2.41. The minimum Gasteiger partial charge on any atom is -0.0716 e. The summed E-state index contributed by atoms with van der Waals surface area (Å²) in [4.78, 5) is 0. The molecule has 0 nitrogen and oxygen atoms in total. The monoisotopic (exact) mass is 354 g/mol. The van der Waals surface area contributed by atoms with E-state index in [1.54, 1.807) is 50.6 Å². The molecule has 0 bridgehead atoms.